The van der Waals surface area contributed by atoms with Crippen LogP contribution in [0.4, 0.5) is 4.79 Å². The number of benzene rings is 1. The molecular formula is C19H16Cl2N2O2S. The van der Waals surface area contributed by atoms with Crippen LogP contribution in [0.2, 0.25) is 10.0 Å². The standard InChI is InChI=1S/C19H16Cl2N2O2S/c1-4-8-22-18(24)16(26-19(22)25)10-13-9-11(2)23(12(13)3)15-7-5-6-14(20)17(15)21/h4-7,9-10H,1,8H2,2-3H3/b16-10+. The predicted octanol–water partition coefficient (Wildman–Crippen LogP) is 5.62. The number of aromatic nitrogens is 1. The number of thioether (sulfide) groups is 1. The van der Waals surface area contributed by atoms with Gasteiger partial charge in [0.15, 0.2) is 0 Å². The number of halogens is 2. The molecule has 1 saturated heterocycles. The van der Waals surface area contributed by atoms with Gasteiger partial charge in [0, 0.05) is 17.9 Å². The summed E-state index contributed by atoms with van der Waals surface area (Å²) >= 11 is 13.4. The molecule has 1 aromatic heterocycles. The van der Waals surface area contributed by atoms with Gasteiger partial charge in [-0.1, -0.05) is 35.3 Å². The van der Waals surface area contributed by atoms with Crippen molar-refractivity contribution in [2.75, 3.05) is 6.54 Å². The van der Waals surface area contributed by atoms with Crippen molar-refractivity contribution in [2.45, 2.75) is 13.8 Å². The molecule has 0 saturated carbocycles. The van der Waals surface area contributed by atoms with Gasteiger partial charge in [0.1, 0.15) is 0 Å². The lowest BCUT2D eigenvalue weighted by Crippen LogP contribution is -2.27. The molecule has 3 rings (SSSR count). The molecule has 134 valence electrons. The molecule has 0 spiro atoms. The van der Waals surface area contributed by atoms with Gasteiger partial charge in [0.05, 0.1) is 20.6 Å². The fraction of sp³-hybridized carbons (Fsp3) is 0.158. The minimum absolute atomic E-state index is 0.207. The molecule has 2 aromatic rings. The highest BCUT2D eigenvalue weighted by Crippen LogP contribution is 2.35. The van der Waals surface area contributed by atoms with Gasteiger partial charge >= 0.3 is 0 Å². The average molecular weight is 407 g/mol. The van der Waals surface area contributed by atoms with Crippen LogP contribution >= 0.6 is 35.0 Å². The van der Waals surface area contributed by atoms with Crippen molar-refractivity contribution in [3.63, 3.8) is 0 Å². The minimum Gasteiger partial charge on any atom is -0.316 e. The Labute approximate surface area is 166 Å². The number of hydrogen-bond acceptors (Lipinski definition) is 3. The molecule has 4 nitrogen and oxygen atoms in total. The molecule has 0 unspecified atom stereocenters. The highest BCUT2D eigenvalue weighted by atomic mass is 35.5. The summed E-state index contributed by atoms with van der Waals surface area (Å²) in [4.78, 5) is 26.0. The highest BCUT2D eigenvalue weighted by Gasteiger charge is 2.34. The zero-order valence-corrected chi connectivity index (χ0v) is 16.6. The van der Waals surface area contributed by atoms with E-state index >= 15 is 0 Å². The van der Waals surface area contributed by atoms with Gasteiger partial charge in [-0.15, -0.1) is 6.58 Å². The topological polar surface area (TPSA) is 42.3 Å². The smallest absolute Gasteiger partial charge is 0.293 e. The second kappa shape index (κ2) is 7.35. The van der Waals surface area contributed by atoms with Crippen molar-refractivity contribution in [3.8, 4) is 5.69 Å². The summed E-state index contributed by atoms with van der Waals surface area (Å²) in [5.74, 6) is -0.300. The summed E-state index contributed by atoms with van der Waals surface area (Å²) in [5, 5.41) is 0.658. The van der Waals surface area contributed by atoms with Crippen LogP contribution in [0.3, 0.4) is 0 Å². The lowest BCUT2D eigenvalue weighted by Gasteiger charge is -2.12. The summed E-state index contributed by atoms with van der Waals surface area (Å²) in [7, 11) is 0. The van der Waals surface area contributed by atoms with Crippen LogP contribution in [0.1, 0.15) is 17.0 Å². The van der Waals surface area contributed by atoms with Crippen molar-refractivity contribution in [2.24, 2.45) is 0 Å². The molecule has 2 heterocycles. The molecule has 1 aliphatic heterocycles. The Bertz CT molecular complexity index is 963. The molecule has 1 fully saturated rings. The molecule has 1 aliphatic rings. The molecule has 0 bridgehead atoms. The first-order valence-corrected chi connectivity index (χ1v) is 9.42. The normalized spacial score (nSPS) is 16.0. The summed E-state index contributed by atoms with van der Waals surface area (Å²) < 4.78 is 1.98. The SMILES string of the molecule is C=CCN1C(=O)S/C(=C/c2cc(C)n(-c3cccc(Cl)c3Cl)c2C)C1=O. The molecule has 0 aliphatic carbocycles. The van der Waals surface area contributed by atoms with Crippen molar-refractivity contribution in [1.82, 2.24) is 9.47 Å². The number of aryl methyl sites for hydroxylation is 1. The third-order valence-electron chi connectivity index (χ3n) is 4.11. The number of carbonyl (C=O) groups excluding carboxylic acids is 2. The first-order valence-electron chi connectivity index (χ1n) is 7.84. The number of hydrogen-bond donors (Lipinski definition) is 0. The van der Waals surface area contributed by atoms with Crippen LogP contribution in [0.15, 0.2) is 41.8 Å². The third-order valence-corrected chi connectivity index (χ3v) is 5.83. The minimum atomic E-state index is -0.300. The summed E-state index contributed by atoms with van der Waals surface area (Å²) in [6.45, 7) is 7.67. The van der Waals surface area contributed by atoms with E-state index in [9.17, 15) is 9.59 Å². The van der Waals surface area contributed by atoms with Gasteiger partial charge in [-0.2, -0.15) is 0 Å². The van der Waals surface area contributed by atoms with Crippen LogP contribution in [0.5, 0.6) is 0 Å². The Hall–Kier alpha value is -1.95. The van der Waals surface area contributed by atoms with Crippen molar-refractivity contribution in [3.05, 3.63) is 68.8 Å². The Morgan fingerprint density at radius 3 is 2.65 bits per heavy atom. The van der Waals surface area contributed by atoms with E-state index < -0.39 is 0 Å². The molecule has 2 amide bonds. The Morgan fingerprint density at radius 1 is 1.23 bits per heavy atom. The van der Waals surface area contributed by atoms with E-state index in [0.29, 0.717) is 15.0 Å². The number of nitrogens with zero attached hydrogens (tertiary/aromatic N) is 2. The Balaban J connectivity index is 2.04. The van der Waals surface area contributed by atoms with Crippen molar-refractivity contribution < 1.29 is 9.59 Å². The number of rotatable bonds is 4. The molecule has 26 heavy (non-hydrogen) atoms. The zero-order chi connectivity index (χ0) is 19.0. The van der Waals surface area contributed by atoms with E-state index in [2.05, 4.69) is 6.58 Å². The molecule has 0 radical (unpaired) electrons. The zero-order valence-electron chi connectivity index (χ0n) is 14.3. The molecular weight excluding hydrogens is 391 g/mol. The maximum atomic E-state index is 12.4. The van der Waals surface area contributed by atoms with E-state index in [1.165, 1.54) is 11.0 Å². The van der Waals surface area contributed by atoms with Crippen LogP contribution in [0.25, 0.3) is 11.8 Å². The Morgan fingerprint density at radius 2 is 1.96 bits per heavy atom. The number of imide groups is 1. The first kappa shape index (κ1) is 18.8. The van der Waals surface area contributed by atoms with E-state index in [1.54, 1.807) is 12.1 Å². The quantitative estimate of drug-likeness (QED) is 0.488. The largest absolute Gasteiger partial charge is 0.316 e. The number of carbonyl (C=O) groups is 2. The van der Waals surface area contributed by atoms with Gasteiger partial charge in [-0.05, 0) is 55.4 Å². The van der Waals surface area contributed by atoms with Crippen LogP contribution in [-0.2, 0) is 4.79 Å². The van der Waals surface area contributed by atoms with Gasteiger partial charge in [0.25, 0.3) is 11.1 Å². The third kappa shape index (κ3) is 3.22. The van der Waals surface area contributed by atoms with E-state index in [0.717, 1.165) is 34.4 Å². The fourth-order valence-electron chi connectivity index (χ4n) is 2.90. The summed E-state index contributed by atoms with van der Waals surface area (Å²) in [6.07, 6.45) is 3.28. The first-order chi connectivity index (χ1) is 12.3. The maximum Gasteiger partial charge on any atom is 0.293 e. The summed E-state index contributed by atoms with van der Waals surface area (Å²) in [5.41, 5.74) is 3.47. The highest BCUT2D eigenvalue weighted by molar-refractivity contribution is 8.18. The lowest BCUT2D eigenvalue weighted by molar-refractivity contribution is -0.122. The van der Waals surface area contributed by atoms with E-state index in [1.807, 2.05) is 36.6 Å². The monoisotopic (exact) mass is 406 g/mol. The van der Waals surface area contributed by atoms with Gasteiger partial charge in [-0.3, -0.25) is 14.5 Å². The second-order valence-electron chi connectivity index (χ2n) is 5.82. The molecule has 0 atom stereocenters. The van der Waals surface area contributed by atoms with E-state index in [-0.39, 0.29) is 17.7 Å². The van der Waals surface area contributed by atoms with Gasteiger partial charge in [-0.25, -0.2) is 0 Å². The van der Waals surface area contributed by atoms with Crippen LogP contribution in [0, 0.1) is 13.8 Å². The maximum absolute atomic E-state index is 12.4. The van der Waals surface area contributed by atoms with E-state index in [4.69, 9.17) is 23.2 Å². The van der Waals surface area contributed by atoms with Crippen LogP contribution < -0.4 is 0 Å². The second-order valence-corrected chi connectivity index (χ2v) is 7.59. The van der Waals surface area contributed by atoms with Crippen molar-refractivity contribution >= 4 is 52.2 Å². The molecule has 1 aromatic carbocycles. The van der Waals surface area contributed by atoms with Crippen molar-refractivity contribution in [1.29, 1.82) is 0 Å². The van der Waals surface area contributed by atoms with Gasteiger partial charge < -0.3 is 4.57 Å². The summed E-state index contributed by atoms with van der Waals surface area (Å²) in [6, 6.07) is 7.41. The number of amides is 2. The average Bonchev–Trinajstić information content (AvgIpc) is 3.01. The lowest BCUT2D eigenvalue weighted by atomic mass is 10.2. The predicted molar refractivity (Wildman–Crippen MR) is 108 cm³/mol. The molecule has 7 heteroatoms. The Kier molecular flexibility index (Phi) is 5.32. The van der Waals surface area contributed by atoms with Crippen LogP contribution in [-0.4, -0.2) is 27.2 Å². The van der Waals surface area contributed by atoms with Gasteiger partial charge in [0.2, 0.25) is 0 Å². The fourth-order valence-corrected chi connectivity index (χ4v) is 4.12. The molecule has 0 N–H and O–H groups in total.